The van der Waals surface area contributed by atoms with E-state index in [-0.39, 0.29) is 11.2 Å². The molecule has 94 valence electrons. The number of ether oxygens (including phenoxy) is 1. The van der Waals surface area contributed by atoms with E-state index in [9.17, 15) is 4.39 Å². The van der Waals surface area contributed by atoms with Crippen LogP contribution < -0.4 is 10.1 Å². The molecule has 0 unspecified atom stereocenters. The van der Waals surface area contributed by atoms with Crippen molar-refractivity contribution in [3.05, 3.63) is 28.6 Å². The minimum Gasteiger partial charge on any atom is -0.489 e. The normalized spacial score (nSPS) is 16.1. The lowest BCUT2D eigenvalue weighted by Crippen LogP contribution is -2.20. The zero-order valence-electron chi connectivity index (χ0n) is 11.0. The summed E-state index contributed by atoms with van der Waals surface area (Å²) in [7, 11) is 0. The molecule has 0 saturated heterocycles. The second-order valence-electron chi connectivity index (χ2n) is 5.64. The summed E-state index contributed by atoms with van der Waals surface area (Å²) in [6.45, 7) is 10.2. The molecule has 1 aliphatic heterocycles. The first-order valence-corrected chi connectivity index (χ1v) is 6.07. The first kappa shape index (κ1) is 12.4. The van der Waals surface area contributed by atoms with Crippen LogP contribution in [0.2, 0.25) is 0 Å². The Morgan fingerprint density at radius 1 is 1.35 bits per heavy atom. The summed E-state index contributed by atoms with van der Waals surface area (Å²) < 4.78 is 19.6. The minimum absolute atomic E-state index is 0.00206. The van der Waals surface area contributed by atoms with Gasteiger partial charge in [0.05, 0.1) is 0 Å². The van der Waals surface area contributed by atoms with Crippen molar-refractivity contribution in [1.29, 1.82) is 0 Å². The van der Waals surface area contributed by atoms with Crippen LogP contribution in [0.3, 0.4) is 0 Å². The molecule has 0 fully saturated rings. The number of nitrogens with one attached hydrogen (secondary N) is 1. The SMILES string of the molecule is Cc1cc(C(C)(C)C)c2c(c1F)OCCNC2. The van der Waals surface area contributed by atoms with E-state index in [0.29, 0.717) is 24.5 Å². The molecule has 0 radical (unpaired) electrons. The van der Waals surface area contributed by atoms with E-state index in [4.69, 9.17) is 4.74 Å². The number of hydrogen-bond donors (Lipinski definition) is 1. The van der Waals surface area contributed by atoms with Crippen molar-refractivity contribution in [2.45, 2.75) is 39.7 Å². The molecule has 17 heavy (non-hydrogen) atoms. The zero-order chi connectivity index (χ0) is 12.6. The Labute approximate surface area is 102 Å². The fraction of sp³-hybridized carbons (Fsp3) is 0.571. The molecule has 0 aromatic heterocycles. The summed E-state index contributed by atoms with van der Waals surface area (Å²) in [4.78, 5) is 0. The molecule has 1 aromatic rings. The van der Waals surface area contributed by atoms with E-state index in [2.05, 4.69) is 26.1 Å². The number of benzene rings is 1. The molecule has 0 aliphatic carbocycles. The van der Waals surface area contributed by atoms with Crippen LogP contribution in [-0.4, -0.2) is 13.2 Å². The second-order valence-corrected chi connectivity index (χ2v) is 5.64. The molecule has 0 spiro atoms. The Bertz CT molecular complexity index is 435. The molecule has 1 aromatic carbocycles. The molecular formula is C14H20FNO. The van der Waals surface area contributed by atoms with Crippen molar-refractivity contribution in [3.63, 3.8) is 0 Å². The average molecular weight is 237 g/mol. The van der Waals surface area contributed by atoms with Gasteiger partial charge < -0.3 is 10.1 Å². The lowest BCUT2D eigenvalue weighted by molar-refractivity contribution is 0.308. The Morgan fingerprint density at radius 2 is 2.06 bits per heavy atom. The van der Waals surface area contributed by atoms with Gasteiger partial charge in [0, 0.05) is 18.7 Å². The number of hydrogen-bond acceptors (Lipinski definition) is 2. The third kappa shape index (κ3) is 2.29. The maximum atomic E-state index is 14.1. The molecule has 0 atom stereocenters. The molecule has 3 heteroatoms. The van der Waals surface area contributed by atoms with Crippen molar-refractivity contribution in [2.75, 3.05) is 13.2 Å². The summed E-state index contributed by atoms with van der Waals surface area (Å²) in [6, 6.07) is 1.95. The standard InChI is InChI=1S/C14H20FNO/c1-9-7-11(14(2,3)4)10-8-16-5-6-17-13(10)12(9)15/h7,16H,5-6,8H2,1-4H3. The largest absolute Gasteiger partial charge is 0.489 e. The topological polar surface area (TPSA) is 21.3 Å². The average Bonchev–Trinajstić information content (AvgIpc) is 2.47. The number of aryl methyl sites for hydroxylation is 1. The Hall–Kier alpha value is -1.09. The fourth-order valence-electron chi connectivity index (χ4n) is 2.23. The molecule has 1 aliphatic rings. The summed E-state index contributed by atoms with van der Waals surface area (Å²) in [5, 5.41) is 3.27. The first-order chi connectivity index (χ1) is 7.91. The fourth-order valence-corrected chi connectivity index (χ4v) is 2.23. The van der Waals surface area contributed by atoms with Gasteiger partial charge in [0.25, 0.3) is 0 Å². The Morgan fingerprint density at radius 3 is 2.71 bits per heavy atom. The number of fused-ring (bicyclic) bond motifs is 1. The van der Waals surface area contributed by atoms with Gasteiger partial charge >= 0.3 is 0 Å². The van der Waals surface area contributed by atoms with Gasteiger partial charge in [-0.05, 0) is 23.5 Å². The van der Waals surface area contributed by atoms with Crippen LogP contribution in [0, 0.1) is 12.7 Å². The molecule has 0 amide bonds. The van der Waals surface area contributed by atoms with Gasteiger partial charge in [-0.15, -0.1) is 0 Å². The van der Waals surface area contributed by atoms with Gasteiger partial charge in [0.2, 0.25) is 0 Å². The number of rotatable bonds is 0. The van der Waals surface area contributed by atoms with E-state index >= 15 is 0 Å². The quantitative estimate of drug-likeness (QED) is 0.749. The van der Waals surface area contributed by atoms with Gasteiger partial charge in [-0.3, -0.25) is 0 Å². The highest BCUT2D eigenvalue weighted by Crippen LogP contribution is 2.36. The van der Waals surface area contributed by atoms with E-state index in [0.717, 1.165) is 12.1 Å². The Kier molecular flexibility index (Phi) is 3.13. The molecule has 0 saturated carbocycles. The summed E-state index contributed by atoms with van der Waals surface area (Å²) >= 11 is 0. The van der Waals surface area contributed by atoms with Crippen LogP contribution in [-0.2, 0) is 12.0 Å². The van der Waals surface area contributed by atoms with Crippen LogP contribution in [0.5, 0.6) is 5.75 Å². The van der Waals surface area contributed by atoms with E-state index in [1.807, 2.05) is 6.07 Å². The van der Waals surface area contributed by atoms with Gasteiger partial charge in [0.15, 0.2) is 11.6 Å². The molecular weight excluding hydrogens is 217 g/mol. The summed E-state index contributed by atoms with van der Waals surface area (Å²) in [5.74, 6) is 0.233. The maximum Gasteiger partial charge on any atom is 0.168 e. The van der Waals surface area contributed by atoms with Gasteiger partial charge in [-0.2, -0.15) is 0 Å². The summed E-state index contributed by atoms with van der Waals surface area (Å²) in [5.41, 5.74) is 2.80. The molecule has 2 nitrogen and oxygen atoms in total. The highest BCUT2D eigenvalue weighted by atomic mass is 19.1. The molecule has 0 bridgehead atoms. The van der Waals surface area contributed by atoms with Crippen LogP contribution in [0.4, 0.5) is 4.39 Å². The van der Waals surface area contributed by atoms with Crippen molar-refractivity contribution in [1.82, 2.24) is 5.32 Å². The molecule has 1 N–H and O–H groups in total. The predicted octanol–water partition coefficient (Wildman–Crippen LogP) is 2.91. The van der Waals surface area contributed by atoms with Crippen LogP contribution >= 0.6 is 0 Å². The summed E-state index contributed by atoms with van der Waals surface area (Å²) in [6.07, 6.45) is 0. The van der Waals surface area contributed by atoms with Gasteiger partial charge in [-0.1, -0.05) is 26.8 Å². The lowest BCUT2D eigenvalue weighted by Gasteiger charge is -2.25. The Balaban J connectivity index is 2.65. The highest BCUT2D eigenvalue weighted by molar-refractivity contribution is 5.48. The van der Waals surface area contributed by atoms with E-state index in [1.165, 1.54) is 5.56 Å². The smallest absolute Gasteiger partial charge is 0.168 e. The monoisotopic (exact) mass is 237 g/mol. The molecule has 2 rings (SSSR count). The third-order valence-electron chi connectivity index (χ3n) is 3.14. The van der Waals surface area contributed by atoms with Crippen molar-refractivity contribution < 1.29 is 9.13 Å². The molecule has 1 heterocycles. The van der Waals surface area contributed by atoms with Crippen molar-refractivity contribution in [2.24, 2.45) is 0 Å². The van der Waals surface area contributed by atoms with Crippen LogP contribution in [0.1, 0.15) is 37.5 Å². The lowest BCUT2D eigenvalue weighted by atomic mass is 9.82. The zero-order valence-corrected chi connectivity index (χ0v) is 11.0. The second kappa shape index (κ2) is 4.30. The van der Waals surface area contributed by atoms with E-state index in [1.54, 1.807) is 6.92 Å². The van der Waals surface area contributed by atoms with Gasteiger partial charge in [-0.25, -0.2) is 4.39 Å². The van der Waals surface area contributed by atoms with Crippen molar-refractivity contribution in [3.8, 4) is 5.75 Å². The van der Waals surface area contributed by atoms with Crippen molar-refractivity contribution >= 4 is 0 Å². The van der Waals surface area contributed by atoms with E-state index < -0.39 is 0 Å². The third-order valence-corrected chi connectivity index (χ3v) is 3.14. The number of halogens is 1. The predicted molar refractivity (Wildman–Crippen MR) is 67.0 cm³/mol. The minimum atomic E-state index is -0.211. The van der Waals surface area contributed by atoms with Crippen LogP contribution in [0.25, 0.3) is 0 Å². The van der Waals surface area contributed by atoms with Gasteiger partial charge in [0.1, 0.15) is 6.61 Å². The highest BCUT2D eigenvalue weighted by Gasteiger charge is 2.25. The maximum absolute atomic E-state index is 14.1. The first-order valence-electron chi connectivity index (χ1n) is 6.07. The van der Waals surface area contributed by atoms with Crippen LogP contribution in [0.15, 0.2) is 6.07 Å².